The fraction of sp³-hybridized carbons (Fsp3) is 0.118. The van der Waals surface area contributed by atoms with Crippen molar-refractivity contribution in [2.75, 3.05) is 12.4 Å². The summed E-state index contributed by atoms with van der Waals surface area (Å²) in [5, 5.41) is 12.7. The molecule has 122 valence electrons. The van der Waals surface area contributed by atoms with Crippen molar-refractivity contribution >= 4 is 45.9 Å². The van der Waals surface area contributed by atoms with E-state index in [4.69, 9.17) is 11.6 Å². The lowest BCUT2D eigenvalue weighted by atomic mass is 10.1. The van der Waals surface area contributed by atoms with Crippen molar-refractivity contribution in [2.45, 2.75) is 6.92 Å². The number of hydrogen-bond donors (Lipinski definition) is 1. The molecule has 0 atom stereocenters. The van der Waals surface area contributed by atoms with Gasteiger partial charge in [-0.3, -0.25) is 4.79 Å². The molecule has 0 spiro atoms. The van der Waals surface area contributed by atoms with Gasteiger partial charge in [-0.2, -0.15) is 5.26 Å². The van der Waals surface area contributed by atoms with Crippen molar-refractivity contribution < 1.29 is 14.3 Å². The number of ether oxygens (including phenoxy) is 1. The van der Waals surface area contributed by atoms with Gasteiger partial charge < -0.3 is 10.1 Å². The largest absolute Gasteiger partial charge is 0.465 e. The normalized spacial score (nSPS) is 10.8. The summed E-state index contributed by atoms with van der Waals surface area (Å²) in [6.45, 7) is 1.81. The molecule has 0 aliphatic carbocycles. The van der Waals surface area contributed by atoms with Gasteiger partial charge in [-0.05, 0) is 36.8 Å². The first-order valence-corrected chi connectivity index (χ1v) is 8.01. The van der Waals surface area contributed by atoms with Gasteiger partial charge in [0.05, 0.1) is 12.7 Å². The molecule has 7 heteroatoms. The highest BCUT2D eigenvalue weighted by molar-refractivity contribution is 7.16. The summed E-state index contributed by atoms with van der Waals surface area (Å²) in [5.41, 5.74) is 0.789. The van der Waals surface area contributed by atoms with E-state index >= 15 is 0 Å². The van der Waals surface area contributed by atoms with Gasteiger partial charge in [-0.1, -0.05) is 23.7 Å². The van der Waals surface area contributed by atoms with E-state index in [1.165, 1.54) is 24.5 Å². The Kier molecular flexibility index (Phi) is 5.74. The number of anilines is 1. The molecule has 0 aliphatic rings. The molecule has 1 amide bonds. The predicted molar refractivity (Wildman–Crippen MR) is 94.1 cm³/mol. The number of methoxy groups -OCH3 is 1. The molecule has 0 unspecified atom stereocenters. The van der Waals surface area contributed by atoms with Crippen LogP contribution in [0.15, 0.2) is 35.9 Å². The zero-order valence-corrected chi connectivity index (χ0v) is 14.5. The number of hydrogen-bond acceptors (Lipinski definition) is 5. The van der Waals surface area contributed by atoms with Gasteiger partial charge in [0.15, 0.2) is 0 Å². The Morgan fingerprint density at radius 1 is 1.38 bits per heavy atom. The van der Waals surface area contributed by atoms with Crippen LogP contribution in [0.1, 0.15) is 20.8 Å². The molecule has 1 aromatic carbocycles. The van der Waals surface area contributed by atoms with Crippen LogP contribution in [0.25, 0.3) is 6.08 Å². The van der Waals surface area contributed by atoms with Crippen molar-refractivity contribution in [1.82, 2.24) is 0 Å². The van der Waals surface area contributed by atoms with E-state index in [0.717, 1.165) is 4.88 Å². The van der Waals surface area contributed by atoms with E-state index in [1.807, 2.05) is 6.07 Å². The average Bonchev–Trinajstić information content (AvgIpc) is 2.92. The van der Waals surface area contributed by atoms with Crippen LogP contribution in [-0.4, -0.2) is 19.0 Å². The number of esters is 1. The number of amides is 1. The first-order valence-electron chi connectivity index (χ1n) is 6.82. The van der Waals surface area contributed by atoms with Crippen LogP contribution in [0.5, 0.6) is 0 Å². The lowest BCUT2D eigenvalue weighted by molar-refractivity contribution is -0.112. The lowest BCUT2D eigenvalue weighted by Gasteiger charge is -2.04. The molecule has 0 saturated carbocycles. The molecular weight excluding hydrogens is 348 g/mol. The Morgan fingerprint density at radius 2 is 2.12 bits per heavy atom. The summed E-state index contributed by atoms with van der Waals surface area (Å²) in [7, 11) is 1.26. The second-order valence-corrected chi connectivity index (χ2v) is 6.46. The molecule has 24 heavy (non-hydrogen) atoms. The van der Waals surface area contributed by atoms with Crippen molar-refractivity contribution in [3.8, 4) is 6.07 Å². The molecule has 1 N–H and O–H groups in total. The molecule has 5 nitrogen and oxygen atoms in total. The SMILES string of the molecule is COC(=O)c1cc(C)sc1NC(=O)C(C#N)=Cc1cccc(Cl)c1. The van der Waals surface area contributed by atoms with Crippen molar-refractivity contribution in [3.05, 3.63) is 56.9 Å². The number of halogens is 1. The molecule has 0 radical (unpaired) electrons. The maximum atomic E-state index is 12.3. The highest BCUT2D eigenvalue weighted by Gasteiger charge is 2.19. The van der Waals surface area contributed by atoms with E-state index in [-0.39, 0.29) is 11.1 Å². The topological polar surface area (TPSA) is 79.2 Å². The number of aryl methyl sites for hydroxylation is 1. The number of nitrogens with zero attached hydrogens (tertiary/aromatic N) is 1. The molecule has 0 fully saturated rings. The van der Waals surface area contributed by atoms with E-state index in [1.54, 1.807) is 37.3 Å². The highest BCUT2D eigenvalue weighted by Crippen LogP contribution is 2.28. The smallest absolute Gasteiger partial charge is 0.340 e. The molecular formula is C17H13ClN2O3S. The average molecular weight is 361 g/mol. The van der Waals surface area contributed by atoms with Gasteiger partial charge in [0, 0.05) is 9.90 Å². The van der Waals surface area contributed by atoms with Crippen LogP contribution in [0.3, 0.4) is 0 Å². The fourth-order valence-electron chi connectivity index (χ4n) is 1.95. The maximum absolute atomic E-state index is 12.3. The Balaban J connectivity index is 2.28. The van der Waals surface area contributed by atoms with Crippen molar-refractivity contribution in [1.29, 1.82) is 5.26 Å². The van der Waals surface area contributed by atoms with Gasteiger partial charge in [0.2, 0.25) is 0 Å². The Bertz CT molecular complexity index is 865. The Hall–Kier alpha value is -2.62. The van der Waals surface area contributed by atoms with Gasteiger partial charge >= 0.3 is 5.97 Å². The van der Waals surface area contributed by atoms with Crippen LogP contribution in [-0.2, 0) is 9.53 Å². The Morgan fingerprint density at radius 3 is 2.75 bits per heavy atom. The molecule has 0 aliphatic heterocycles. The lowest BCUT2D eigenvalue weighted by Crippen LogP contribution is -2.15. The molecule has 0 bridgehead atoms. The predicted octanol–water partition coefficient (Wildman–Crippen LogP) is 4.04. The van der Waals surface area contributed by atoms with Crippen LogP contribution in [0.4, 0.5) is 5.00 Å². The maximum Gasteiger partial charge on any atom is 0.340 e. The van der Waals surface area contributed by atoms with E-state index in [2.05, 4.69) is 10.1 Å². The molecule has 0 saturated heterocycles. The van der Waals surface area contributed by atoms with Crippen molar-refractivity contribution in [3.63, 3.8) is 0 Å². The summed E-state index contributed by atoms with van der Waals surface area (Å²) in [5.74, 6) is -1.16. The van der Waals surface area contributed by atoms with Gasteiger partial charge in [-0.15, -0.1) is 11.3 Å². The second kappa shape index (κ2) is 7.77. The number of nitrogens with one attached hydrogen (secondary N) is 1. The number of carbonyl (C=O) groups excluding carboxylic acids is 2. The van der Waals surface area contributed by atoms with Crippen LogP contribution < -0.4 is 5.32 Å². The summed E-state index contributed by atoms with van der Waals surface area (Å²) in [4.78, 5) is 24.9. The van der Waals surface area contributed by atoms with Crippen molar-refractivity contribution in [2.24, 2.45) is 0 Å². The number of carbonyl (C=O) groups is 2. The molecule has 1 aromatic heterocycles. The third-order valence-corrected chi connectivity index (χ3v) is 4.21. The van der Waals surface area contributed by atoms with Gasteiger partial charge in [-0.25, -0.2) is 4.79 Å². The standard InChI is InChI=1S/C17H13ClN2O3S/c1-10-6-14(17(22)23-2)16(24-10)20-15(21)12(9-19)7-11-4-3-5-13(18)8-11/h3-8H,1-2H3,(H,20,21). The second-order valence-electron chi connectivity index (χ2n) is 4.77. The monoisotopic (exact) mass is 360 g/mol. The van der Waals surface area contributed by atoms with E-state index in [9.17, 15) is 14.9 Å². The Labute approximate surface area is 148 Å². The first-order chi connectivity index (χ1) is 11.4. The summed E-state index contributed by atoms with van der Waals surface area (Å²) >= 11 is 7.13. The quantitative estimate of drug-likeness (QED) is 0.507. The zero-order chi connectivity index (χ0) is 17.7. The van der Waals surface area contributed by atoms with Crippen LogP contribution >= 0.6 is 22.9 Å². The van der Waals surface area contributed by atoms with Crippen LogP contribution in [0, 0.1) is 18.3 Å². The third kappa shape index (κ3) is 4.22. The number of rotatable bonds is 4. The minimum absolute atomic E-state index is 0.0980. The highest BCUT2D eigenvalue weighted by atomic mass is 35.5. The summed E-state index contributed by atoms with van der Waals surface area (Å²) < 4.78 is 4.69. The van der Waals surface area contributed by atoms with E-state index in [0.29, 0.717) is 15.6 Å². The van der Waals surface area contributed by atoms with Gasteiger partial charge in [0.1, 0.15) is 16.6 Å². The minimum Gasteiger partial charge on any atom is -0.465 e. The first kappa shape index (κ1) is 17.7. The summed E-state index contributed by atoms with van der Waals surface area (Å²) in [6, 6.07) is 10.3. The van der Waals surface area contributed by atoms with Gasteiger partial charge in [0.25, 0.3) is 5.91 Å². The number of thiophene rings is 1. The third-order valence-electron chi connectivity index (χ3n) is 3.01. The number of benzene rings is 1. The molecule has 1 heterocycles. The summed E-state index contributed by atoms with van der Waals surface area (Å²) in [6.07, 6.45) is 1.43. The molecule has 2 aromatic rings. The number of nitriles is 1. The molecule has 2 rings (SSSR count). The fourth-order valence-corrected chi connectivity index (χ4v) is 3.04. The zero-order valence-electron chi connectivity index (χ0n) is 12.9. The van der Waals surface area contributed by atoms with E-state index < -0.39 is 11.9 Å². The van der Waals surface area contributed by atoms with Crippen LogP contribution in [0.2, 0.25) is 5.02 Å². The minimum atomic E-state index is -0.607.